The third kappa shape index (κ3) is 4.16. The first-order valence-corrected chi connectivity index (χ1v) is 9.47. The lowest BCUT2D eigenvalue weighted by Crippen LogP contribution is -2.24. The first-order chi connectivity index (χ1) is 13.7. The van der Waals surface area contributed by atoms with Crippen LogP contribution in [0.4, 0.5) is 23.3 Å². The molecule has 8 heteroatoms. The zero-order valence-electron chi connectivity index (χ0n) is 16.1. The van der Waals surface area contributed by atoms with Crippen molar-refractivity contribution in [1.82, 2.24) is 15.0 Å². The maximum absolute atomic E-state index is 5.50. The van der Waals surface area contributed by atoms with Gasteiger partial charge in [-0.1, -0.05) is 6.07 Å². The SMILES string of the molecule is CCOc1nc(NCc2ccco2)nc(Nc2ccc3c(c2)N(C)CCC3)n1. The van der Waals surface area contributed by atoms with Gasteiger partial charge in [0.2, 0.25) is 11.9 Å². The Balaban J connectivity index is 1.55. The van der Waals surface area contributed by atoms with E-state index in [-0.39, 0.29) is 6.01 Å². The lowest BCUT2D eigenvalue weighted by Gasteiger charge is -2.28. The zero-order valence-corrected chi connectivity index (χ0v) is 16.1. The van der Waals surface area contributed by atoms with Crippen LogP contribution < -0.4 is 20.3 Å². The highest BCUT2D eigenvalue weighted by Gasteiger charge is 2.15. The van der Waals surface area contributed by atoms with Crippen LogP contribution in [-0.2, 0) is 13.0 Å². The summed E-state index contributed by atoms with van der Waals surface area (Å²) < 4.78 is 10.8. The summed E-state index contributed by atoms with van der Waals surface area (Å²) in [6, 6.07) is 10.4. The third-order valence-corrected chi connectivity index (χ3v) is 4.58. The van der Waals surface area contributed by atoms with Gasteiger partial charge in [0.25, 0.3) is 0 Å². The predicted molar refractivity (Wildman–Crippen MR) is 108 cm³/mol. The van der Waals surface area contributed by atoms with Gasteiger partial charge in [0, 0.05) is 25.0 Å². The van der Waals surface area contributed by atoms with E-state index in [0.29, 0.717) is 25.0 Å². The van der Waals surface area contributed by atoms with E-state index in [1.807, 2.05) is 19.1 Å². The van der Waals surface area contributed by atoms with E-state index >= 15 is 0 Å². The molecular weight excluding hydrogens is 356 g/mol. The van der Waals surface area contributed by atoms with Crippen molar-refractivity contribution in [3.8, 4) is 6.01 Å². The molecule has 0 amide bonds. The molecule has 1 aliphatic heterocycles. The minimum Gasteiger partial charge on any atom is -0.467 e. The number of fused-ring (bicyclic) bond motifs is 1. The van der Waals surface area contributed by atoms with Crippen LogP contribution in [-0.4, -0.2) is 35.2 Å². The number of aryl methyl sites for hydroxylation is 1. The average molecular weight is 380 g/mol. The highest BCUT2D eigenvalue weighted by molar-refractivity contribution is 5.66. The summed E-state index contributed by atoms with van der Waals surface area (Å²) in [4.78, 5) is 15.4. The molecule has 0 fully saturated rings. The Bertz CT molecular complexity index is 928. The van der Waals surface area contributed by atoms with Gasteiger partial charge in [-0.15, -0.1) is 0 Å². The molecule has 1 aromatic carbocycles. The van der Waals surface area contributed by atoms with Crippen LogP contribution >= 0.6 is 0 Å². The standard InChI is InChI=1S/C20H24N6O2/c1-3-27-20-24-18(21-13-16-7-5-11-28-16)23-19(25-20)22-15-9-8-14-6-4-10-26(2)17(14)12-15/h5,7-9,11-12H,3-4,6,10,13H2,1-2H3,(H2,21,22,23,24,25). The summed E-state index contributed by atoms with van der Waals surface area (Å²) in [5.41, 5.74) is 3.54. The molecule has 0 saturated heterocycles. The van der Waals surface area contributed by atoms with Crippen LogP contribution in [0.5, 0.6) is 6.01 Å². The smallest absolute Gasteiger partial charge is 0.323 e. The van der Waals surface area contributed by atoms with E-state index in [2.05, 4.69) is 55.7 Å². The Labute approximate surface area is 164 Å². The van der Waals surface area contributed by atoms with Crippen molar-refractivity contribution in [2.75, 3.05) is 35.7 Å². The summed E-state index contributed by atoms with van der Waals surface area (Å²) in [6.45, 7) is 3.92. The first kappa shape index (κ1) is 18.1. The average Bonchev–Trinajstić information content (AvgIpc) is 3.21. The lowest BCUT2D eigenvalue weighted by molar-refractivity contribution is 0.312. The highest BCUT2D eigenvalue weighted by atomic mass is 16.5. The van der Waals surface area contributed by atoms with Crippen LogP contribution in [0, 0.1) is 0 Å². The molecule has 3 heterocycles. The summed E-state index contributed by atoms with van der Waals surface area (Å²) in [5.74, 6) is 1.65. The van der Waals surface area contributed by atoms with Crippen molar-refractivity contribution in [3.05, 3.63) is 47.9 Å². The Morgan fingerprint density at radius 3 is 2.89 bits per heavy atom. The van der Waals surface area contributed by atoms with Crippen LogP contribution in [0.25, 0.3) is 0 Å². The molecule has 8 nitrogen and oxygen atoms in total. The second kappa shape index (κ2) is 8.16. The van der Waals surface area contributed by atoms with Gasteiger partial charge in [0.1, 0.15) is 5.76 Å². The number of nitrogens with zero attached hydrogens (tertiary/aromatic N) is 4. The molecule has 0 spiro atoms. The summed E-state index contributed by atoms with van der Waals surface area (Å²) in [7, 11) is 2.12. The maximum atomic E-state index is 5.50. The van der Waals surface area contributed by atoms with Crippen molar-refractivity contribution in [1.29, 1.82) is 0 Å². The van der Waals surface area contributed by atoms with Gasteiger partial charge in [-0.2, -0.15) is 15.0 Å². The van der Waals surface area contributed by atoms with Crippen molar-refractivity contribution in [3.63, 3.8) is 0 Å². The topological polar surface area (TPSA) is 88.3 Å². The molecule has 0 atom stereocenters. The molecule has 28 heavy (non-hydrogen) atoms. The van der Waals surface area contributed by atoms with Crippen LogP contribution in [0.3, 0.4) is 0 Å². The fourth-order valence-corrected chi connectivity index (χ4v) is 3.23. The highest BCUT2D eigenvalue weighted by Crippen LogP contribution is 2.30. The van der Waals surface area contributed by atoms with E-state index in [4.69, 9.17) is 9.15 Å². The number of benzene rings is 1. The molecule has 0 aliphatic carbocycles. The monoisotopic (exact) mass is 380 g/mol. The van der Waals surface area contributed by atoms with E-state index in [1.165, 1.54) is 17.7 Å². The number of nitrogens with one attached hydrogen (secondary N) is 2. The molecule has 2 aromatic heterocycles. The van der Waals surface area contributed by atoms with Gasteiger partial charge in [-0.3, -0.25) is 0 Å². The Kier molecular flexibility index (Phi) is 5.27. The van der Waals surface area contributed by atoms with Crippen molar-refractivity contribution >= 4 is 23.3 Å². The normalized spacial score (nSPS) is 13.1. The van der Waals surface area contributed by atoms with Crippen LogP contribution in [0.15, 0.2) is 41.0 Å². The largest absolute Gasteiger partial charge is 0.467 e. The van der Waals surface area contributed by atoms with Gasteiger partial charge in [-0.25, -0.2) is 0 Å². The van der Waals surface area contributed by atoms with Crippen LogP contribution in [0.1, 0.15) is 24.7 Å². The van der Waals surface area contributed by atoms with Gasteiger partial charge in [0.05, 0.1) is 19.4 Å². The van der Waals surface area contributed by atoms with Crippen molar-refractivity contribution < 1.29 is 9.15 Å². The van der Waals surface area contributed by atoms with E-state index in [9.17, 15) is 0 Å². The third-order valence-electron chi connectivity index (χ3n) is 4.58. The number of aromatic nitrogens is 3. The summed E-state index contributed by atoms with van der Waals surface area (Å²) in [5, 5.41) is 6.42. The lowest BCUT2D eigenvalue weighted by atomic mass is 10.0. The quantitative estimate of drug-likeness (QED) is 0.643. The molecular formula is C20H24N6O2. The number of rotatable bonds is 7. The van der Waals surface area contributed by atoms with Gasteiger partial charge < -0.3 is 24.7 Å². The molecule has 0 saturated carbocycles. The number of hydrogen-bond donors (Lipinski definition) is 2. The summed E-state index contributed by atoms with van der Waals surface area (Å²) in [6.07, 6.45) is 3.93. The molecule has 146 valence electrons. The zero-order chi connectivity index (χ0) is 19.3. The van der Waals surface area contributed by atoms with E-state index in [1.54, 1.807) is 6.26 Å². The van der Waals surface area contributed by atoms with Crippen molar-refractivity contribution in [2.24, 2.45) is 0 Å². The Hall–Kier alpha value is -3.29. The second-order valence-corrected chi connectivity index (χ2v) is 6.62. The second-order valence-electron chi connectivity index (χ2n) is 6.62. The number of ether oxygens (including phenoxy) is 1. The Morgan fingerprint density at radius 2 is 2.07 bits per heavy atom. The summed E-state index contributed by atoms with van der Waals surface area (Å²) >= 11 is 0. The predicted octanol–water partition coefficient (Wildman–Crippen LogP) is 3.60. The van der Waals surface area contributed by atoms with Gasteiger partial charge in [0.15, 0.2) is 0 Å². The fourth-order valence-electron chi connectivity index (χ4n) is 3.23. The maximum Gasteiger partial charge on any atom is 0.323 e. The minimum absolute atomic E-state index is 0.275. The van der Waals surface area contributed by atoms with Gasteiger partial charge in [-0.05, 0) is 49.6 Å². The first-order valence-electron chi connectivity index (χ1n) is 9.47. The molecule has 0 bridgehead atoms. The molecule has 0 radical (unpaired) electrons. The fraction of sp³-hybridized carbons (Fsp3) is 0.350. The number of anilines is 4. The molecule has 4 rings (SSSR count). The molecule has 3 aromatic rings. The minimum atomic E-state index is 0.275. The molecule has 0 unspecified atom stereocenters. The van der Waals surface area contributed by atoms with E-state index < -0.39 is 0 Å². The number of furan rings is 1. The Morgan fingerprint density at radius 1 is 1.18 bits per heavy atom. The van der Waals surface area contributed by atoms with Gasteiger partial charge >= 0.3 is 6.01 Å². The van der Waals surface area contributed by atoms with E-state index in [0.717, 1.165) is 24.4 Å². The van der Waals surface area contributed by atoms with Crippen LogP contribution in [0.2, 0.25) is 0 Å². The number of hydrogen-bond acceptors (Lipinski definition) is 8. The molecule has 1 aliphatic rings. The molecule has 2 N–H and O–H groups in total. The van der Waals surface area contributed by atoms with Crippen molar-refractivity contribution in [2.45, 2.75) is 26.3 Å².